The smallest absolute Gasteiger partial charge is 0.272 e. The summed E-state index contributed by atoms with van der Waals surface area (Å²) >= 11 is 0. The van der Waals surface area contributed by atoms with Gasteiger partial charge in [-0.1, -0.05) is 42.0 Å². The number of aromatic amines is 2. The molecule has 0 aliphatic rings. The van der Waals surface area contributed by atoms with Crippen molar-refractivity contribution >= 4 is 28.3 Å². The number of nitrogens with one attached hydrogen (secondary N) is 4. The third-order valence-electron chi connectivity index (χ3n) is 5.09. The molecule has 9 heteroatoms. The van der Waals surface area contributed by atoms with Gasteiger partial charge in [0.2, 0.25) is 5.91 Å². The fourth-order valence-corrected chi connectivity index (χ4v) is 3.49. The molecule has 0 spiro atoms. The maximum atomic E-state index is 12.5. The lowest BCUT2D eigenvalue weighted by Gasteiger charge is -2.10. The molecule has 9 nitrogen and oxygen atoms in total. The molecule has 0 unspecified atom stereocenters. The molecule has 1 aromatic heterocycles. The van der Waals surface area contributed by atoms with Gasteiger partial charge in [0, 0.05) is 5.56 Å². The Morgan fingerprint density at radius 1 is 0.912 bits per heavy atom. The second-order valence-electron chi connectivity index (χ2n) is 7.67. The van der Waals surface area contributed by atoms with Crippen LogP contribution in [0.1, 0.15) is 21.5 Å². The van der Waals surface area contributed by atoms with Crippen LogP contribution >= 0.6 is 0 Å². The molecule has 0 fully saturated rings. The Bertz CT molecular complexity index is 1490. The van der Waals surface area contributed by atoms with E-state index in [9.17, 15) is 19.2 Å². The SMILES string of the molecule is Cc1cccc(COc2cccc(C(=O)NCC(=O)Nc3cccc4c(=O)[nH][nH]c(=O)c34)c2)c1. The minimum Gasteiger partial charge on any atom is -0.489 e. The first-order valence-corrected chi connectivity index (χ1v) is 10.5. The van der Waals surface area contributed by atoms with Crippen molar-refractivity contribution in [3.63, 3.8) is 0 Å². The zero-order valence-corrected chi connectivity index (χ0v) is 18.3. The summed E-state index contributed by atoms with van der Waals surface area (Å²) < 4.78 is 5.78. The van der Waals surface area contributed by atoms with E-state index < -0.39 is 22.9 Å². The summed E-state index contributed by atoms with van der Waals surface area (Å²) in [5.74, 6) is -0.477. The fourth-order valence-electron chi connectivity index (χ4n) is 3.49. The van der Waals surface area contributed by atoms with Crippen molar-refractivity contribution < 1.29 is 14.3 Å². The maximum absolute atomic E-state index is 12.5. The normalized spacial score (nSPS) is 10.6. The predicted octanol–water partition coefficient (Wildman–Crippen LogP) is 2.47. The number of hydrogen-bond donors (Lipinski definition) is 4. The average Bonchev–Trinajstić information content (AvgIpc) is 2.84. The highest BCUT2D eigenvalue weighted by Gasteiger charge is 2.13. The summed E-state index contributed by atoms with van der Waals surface area (Å²) in [4.78, 5) is 49.0. The second kappa shape index (κ2) is 9.86. The Kier molecular flexibility index (Phi) is 6.54. The molecule has 4 aromatic rings. The Morgan fingerprint density at radius 3 is 2.50 bits per heavy atom. The molecule has 0 aliphatic carbocycles. The number of ether oxygens (including phenoxy) is 1. The van der Waals surface area contributed by atoms with E-state index in [-0.39, 0.29) is 23.0 Å². The molecule has 2 amide bonds. The molecule has 0 bridgehead atoms. The first kappa shape index (κ1) is 22.5. The number of anilines is 1. The molecular weight excluding hydrogens is 436 g/mol. The van der Waals surface area contributed by atoms with Gasteiger partial charge in [-0.3, -0.25) is 29.4 Å². The number of H-pyrrole nitrogens is 2. The Hall–Kier alpha value is -4.66. The maximum Gasteiger partial charge on any atom is 0.272 e. The van der Waals surface area contributed by atoms with Gasteiger partial charge in [-0.2, -0.15) is 0 Å². The van der Waals surface area contributed by atoms with Crippen LogP contribution in [0.4, 0.5) is 5.69 Å². The first-order valence-electron chi connectivity index (χ1n) is 10.5. The summed E-state index contributed by atoms with van der Waals surface area (Å²) in [7, 11) is 0. The van der Waals surface area contributed by atoms with Crippen molar-refractivity contribution in [2.24, 2.45) is 0 Å². The number of hydrogen-bond acceptors (Lipinski definition) is 5. The first-order chi connectivity index (χ1) is 16.4. The molecule has 0 radical (unpaired) electrons. The predicted molar refractivity (Wildman–Crippen MR) is 128 cm³/mol. The lowest BCUT2D eigenvalue weighted by molar-refractivity contribution is -0.115. The van der Waals surface area contributed by atoms with E-state index in [0.29, 0.717) is 17.9 Å². The van der Waals surface area contributed by atoms with E-state index in [2.05, 4.69) is 20.8 Å². The summed E-state index contributed by atoms with van der Waals surface area (Å²) in [6.45, 7) is 2.04. The Balaban J connectivity index is 1.38. The largest absolute Gasteiger partial charge is 0.489 e. The standard InChI is InChI=1S/C25H22N4O5/c1-15-5-2-6-16(11-15)14-34-18-8-3-7-17(12-18)23(31)26-13-21(30)27-20-10-4-9-19-22(20)25(33)29-28-24(19)32/h2-12H,13-14H2,1H3,(H,26,31)(H,27,30)(H,28,32)(H,29,33). The zero-order chi connectivity index (χ0) is 24.1. The van der Waals surface area contributed by atoms with E-state index >= 15 is 0 Å². The number of carbonyl (C=O) groups excluding carboxylic acids is 2. The average molecular weight is 458 g/mol. The molecule has 34 heavy (non-hydrogen) atoms. The Labute approximate surface area is 193 Å². The number of rotatable bonds is 7. The van der Waals surface area contributed by atoms with Crippen molar-refractivity contribution in [2.75, 3.05) is 11.9 Å². The van der Waals surface area contributed by atoms with Crippen LogP contribution in [0.15, 0.2) is 76.3 Å². The number of fused-ring (bicyclic) bond motifs is 1. The number of aryl methyl sites for hydroxylation is 1. The highest BCUT2D eigenvalue weighted by atomic mass is 16.5. The monoisotopic (exact) mass is 458 g/mol. The van der Waals surface area contributed by atoms with E-state index in [1.54, 1.807) is 30.3 Å². The molecule has 0 saturated heterocycles. The molecule has 0 atom stereocenters. The van der Waals surface area contributed by atoms with Crippen LogP contribution in [0.25, 0.3) is 10.8 Å². The quantitative estimate of drug-likeness (QED) is 0.338. The number of benzene rings is 3. The molecule has 1 heterocycles. The Morgan fingerprint density at radius 2 is 1.68 bits per heavy atom. The molecule has 4 N–H and O–H groups in total. The second-order valence-corrected chi connectivity index (χ2v) is 7.67. The van der Waals surface area contributed by atoms with Gasteiger partial charge < -0.3 is 15.4 Å². The van der Waals surface area contributed by atoms with Crippen LogP contribution in [0.5, 0.6) is 5.75 Å². The van der Waals surface area contributed by atoms with Crippen LogP contribution in [0.2, 0.25) is 0 Å². The third kappa shape index (κ3) is 5.21. The van der Waals surface area contributed by atoms with Crippen molar-refractivity contribution in [2.45, 2.75) is 13.5 Å². The molecule has 3 aromatic carbocycles. The van der Waals surface area contributed by atoms with Crippen LogP contribution < -0.4 is 26.5 Å². The number of carbonyl (C=O) groups is 2. The molecular formula is C25H22N4O5. The summed E-state index contributed by atoms with van der Waals surface area (Å²) in [6, 6.07) is 19.1. The van der Waals surface area contributed by atoms with E-state index in [1.807, 2.05) is 31.2 Å². The lowest BCUT2D eigenvalue weighted by Crippen LogP contribution is -2.33. The van der Waals surface area contributed by atoms with E-state index in [1.165, 1.54) is 12.1 Å². The topological polar surface area (TPSA) is 133 Å². The van der Waals surface area contributed by atoms with Gasteiger partial charge in [-0.15, -0.1) is 0 Å². The summed E-state index contributed by atoms with van der Waals surface area (Å²) in [6.07, 6.45) is 0. The highest BCUT2D eigenvalue weighted by molar-refractivity contribution is 6.04. The van der Waals surface area contributed by atoms with Crippen LogP contribution in [0.3, 0.4) is 0 Å². The zero-order valence-electron chi connectivity index (χ0n) is 18.3. The van der Waals surface area contributed by atoms with Crippen LogP contribution in [-0.2, 0) is 11.4 Å². The summed E-state index contributed by atoms with van der Waals surface area (Å²) in [5.41, 5.74) is 1.63. The van der Waals surface area contributed by atoms with E-state index in [4.69, 9.17) is 4.74 Å². The minimum atomic E-state index is -0.549. The van der Waals surface area contributed by atoms with Gasteiger partial charge in [-0.25, -0.2) is 0 Å². The van der Waals surface area contributed by atoms with Crippen LogP contribution in [-0.4, -0.2) is 28.6 Å². The van der Waals surface area contributed by atoms with Gasteiger partial charge in [-0.05, 0) is 42.8 Å². The molecule has 0 aliphatic heterocycles. The van der Waals surface area contributed by atoms with Gasteiger partial charge >= 0.3 is 0 Å². The molecule has 172 valence electrons. The van der Waals surface area contributed by atoms with Crippen molar-refractivity contribution in [1.29, 1.82) is 0 Å². The van der Waals surface area contributed by atoms with Gasteiger partial charge in [0.1, 0.15) is 12.4 Å². The van der Waals surface area contributed by atoms with Crippen molar-refractivity contribution in [1.82, 2.24) is 15.5 Å². The van der Waals surface area contributed by atoms with Gasteiger partial charge in [0.05, 0.1) is 23.0 Å². The third-order valence-corrected chi connectivity index (χ3v) is 5.09. The highest BCUT2D eigenvalue weighted by Crippen LogP contribution is 2.17. The molecule has 4 rings (SSSR count). The van der Waals surface area contributed by atoms with E-state index in [0.717, 1.165) is 11.1 Å². The minimum absolute atomic E-state index is 0.0596. The number of amides is 2. The van der Waals surface area contributed by atoms with Gasteiger partial charge in [0.15, 0.2) is 0 Å². The van der Waals surface area contributed by atoms with Crippen LogP contribution in [0, 0.1) is 6.92 Å². The van der Waals surface area contributed by atoms with Crippen molar-refractivity contribution in [3.8, 4) is 5.75 Å². The fraction of sp³-hybridized carbons (Fsp3) is 0.120. The van der Waals surface area contributed by atoms with Gasteiger partial charge in [0.25, 0.3) is 17.0 Å². The molecule has 0 saturated carbocycles. The lowest BCUT2D eigenvalue weighted by atomic mass is 10.1. The number of aromatic nitrogens is 2. The summed E-state index contributed by atoms with van der Waals surface area (Å²) in [5, 5.41) is 9.77. The van der Waals surface area contributed by atoms with Crippen molar-refractivity contribution in [3.05, 3.63) is 104 Å².